The molecule has 0 spiro atoms. The molecule has 0 aromatic carbocycles. The van der Waals surface area contributed by atoms with E-state index in [1.807, 2.05) is 35.7 Å². The number of hydrogen-bond acceptors (Lipinski definition) is 4. The molecule has 0 saturated carbocycles. The van der Waals surface area contributed by atoms with E-state index in [2.05, 4.69) is 29.5 Å². The zero-order valence-electron chi connectivity index (χ0n) is 10.6. The van der Waals surface area contributed by atoms with Gasteiger partial charge in [-0.25, -0.2) is 0 Å². The van der Waals surface area contributed by atoms with Crippen LogP contribution in [0.15, 0.2) is 36.5 Å². The van der Waals surface area contributed by atoms with Crippen molar-refractivity contribution in [2.45, 2.75) is 32.2 Å². The maximum atomic E-state index is 5.63. The van der Waals surface area contributed by atoms with E-state index in [1.165, 1.54) is 9.75 Å². The van der Waals surface area contributed by atoms with Crippen molar-refractivity contribution in [1.82, 2.24) is 10.4 Å². The Labute approximate surface area is 112 Å². The summed E-state index contributed by atoms with van der Waals surface area (Å²) in [6.45, 7) is 2.18. The van der Waals surface area contributed by atoms with Gasteiger partial charge in [0.05, 0.1) is 0 Å². The monoisotopic (exact) mass is 261 g/mol. The first-order chi connectivity index (χ1) is 8.81. The Morgan fingerprint density at radius 3 is 2.67 bits per heavy atom. The lowest BCUT2D eigenvalue weighted by atomic mass is 10.1. The molecule has 2 aromatic heterocycles. The van der Waals surface area contributed by atoms with Crippen molar-refractivity contribution in [1.29, 1.82) is 0 Å². The average Bonchev–Trinajstić information content (AvgIpc) is 2.87. The molecule has 0 bridgehead atoms. The van der Waals surface area contributed by atoms with Gasteiger partial charge in [0.2, 0.25) is 0 Å². The van der Waals surface area contributed by atoms with Gasteiger partial charge >= 0.3 is 0 Å². The zero-order chi connectivity index (χ0) is 12.8. The second-order valence-corrected chi connectivity index (χ2v) is 5.57. The molecule has 1 unspecified atom stereocenters. The summed E-state index contributed by atoms with van der Waals surface area (Å²) in [6.07, 6.45) is 4.74. The number of hydrazine groups is 1. The van der Waals surface area contributed by atoms with Gasteiger partial charge in [0.1, 0.15) is 0 Å². The van der Waals surface area contributed by atoms with Gasteiger partial charge in [0.15, 0.2) is 0 Å². The van der Waals surface area contributed by atoms with Crippen molar-refractivity contribution < 1.29 is 0 Å². The lowest BCUT2D eigenvalue weighted by molar-refractivity contribution is 0.520. The number of aryl methyl sites for hydroxylation is 1. The van der Waals surface area contributed by atoms with Gasteiger partial charge in [-0.05, 0) is 37.1 Å². The van der Waals surface area contributed by atoms with Crippen molar-refractivity contribution in [3.63, 3.8) is 0 Å². The van der Waals surface area contributed by atoms with Crippen molar-refractivity contribution in [2.75, 3.05) is 0 Å². The maximum absolute atomic E-state index is 5.63. The largest absolute Gasteiger partial charge is 0.271 e. The van der Waals surface area contributed by atoms with Crippen LogP contribution in [0.2, 0.25) is 0 Å². The van der Waals surface area contributed by atoms with Gasteiger partial charge in [-0.3, -0.25) is 16.3 Å². The molecule has 0 aliphatic carbocycles. The molecule has 0 amide bonds. The van der Waals surface area contributed by atoms with Crippen molar-refractivity contribution in [3.05, 3.63) is 52.0 Å². The third-order valence-corrected chi connectivity index (χ3v) is 4.18. The van der Waals surface area contributed by atoms with Gasteiger partial charge in [-0.1, -0.05) is 13.0 Å². The van der Waals surface area contributed by atoms with E-state index in [0.29, 0.717) is 0 Å². The highest BCUT2D eigenvalue weighted by atomic mass is 32.1. The molecule has 0 fully saturated rings. The Hall–Kier alpha value is -1.23. The summed E-state index contributed by atoms with van der Waals surface area (Å²) in [5.74, 6) is 5.63. The first-order valence-corrected chi connectivity index (χ1v) is 7.07. The van der Waals surface area contributed by atoms with E-state index in [4.69, 9.17) is 5.84 Å². The smallest absolute Gasteiger partial charge is 0.0419 e. The molecule has 0 aliphatic heterocycles. The van der Waals surface area contributed by atoms with Crippen LogP contribution >= 0.6 is 11.3 Å². The van der Waals surface area contributed by atoms with Crippen molar-refractivity contribution >= 4 is 11.3 Å². The third kappa shape index (κ3) is 3.63. The third-order valence-electron chi connectivity index (χ3n) is 2.93. The number of hydrogen-bond donors (Lipinski definition) is 2. The van der Waals surface area contributed by atoms with Gasteiger partial charge < -0.3 is 0 Å². The highest BCUT2D eigenvalue weighted by molar-refractivity contribution is 7.11. The van der Waals surface area contributed by atoms with E-state index in [9.17, 15) is 0 Å². The van der Waals surface area contributed by atoms with Crippen LogP contribution in [-0.4, -0.2) is 11.0 Å². The first-order valence-electron chi connectivity index (χ1n) is 6.25. The van der Waals surface area contributed by atoms with Gasteiger partial charge in [0, 0.05) is 34.1 Å². The molecule has 3 N–H and O–H groups in total. The second-order valence-electron chi connectivity index (χ2n) is 4.31. The summed E-state index contributed by atoms with van der Waals surface area (Å²) >= 11 is 1.87. The summed E-state index contributed by atoms with van der Waals surface area (Å²) in [5, 5.41) is 0. The number of thiophene rings is 1. The number of nitrogens with one attached hydrogen (secondary N) is 1. The second kappa shape index (κ2) is 6.64. The van der Waals surface area contributed by atoms with E-state index in [0.717, 1.165) is 25.0 Å². The first kappa shape index (κ1) is 13.2. The SMILES string of the molecule is CCc1ccc(CC(Cc2ccccn2)NN)s1. The predicted octanol–water partition coefficient (Wildman–Crippen LogP) is 2.32. The quantitative estimate of drug-likeness (QED) is 0.620. The van der Waals surface area contributed by atoms with Gasteiger partial charge in [0.25, 0.3) is 0 Å². The van der Waals surface area contributed by atoms with Crippen molar-refractivity contribution in [3.8, 4) is 0 Å². The van der Waals surface area contributed by atoms with Crippen LogP contribution in [-0.2, 0) is 19.3 Å². The predicted molar refractivity (Wildman–Crippen MR) is 76.5 cm³/mol. The lowest BCUT2D eigenvalue weighted by Gasteiger charge is -2.14. The minimum absolute atomic E-state index is 0.239. The Kier molecular flexibility index (Phi) is 4.87. The molecular formula is C14H19N3S. The highest BCUT2D eigenvalue weighted by Crippen LogP contribution is 2.19. The fourth-order valence-corrected chi connectivity index (χ4v) is 2.96. The van der Waals surface area contributed by atoms with Crippen LogP contribution < -0.4 is 11.3 Å². The molecule has 2 aromatic rings. The molecule has 1 atom stereocenters. The van der Waals surface area contributed by atoms with Crippen LogP contribution in [0.5, 0.6) is 0 Å². The van der Waals surface area contributed by atoms with Crippen LogP contribution in [0.4, 0.5) is 0 Å². The molecular weight excluding hydrogens is 242 g/mol. The van der Waals surface area contributed by atoms with Crippen LogP contribution in [0.3, 0.4) is 0 Å². The topological polar surface area (TPSA) is 50.9 Å². The minimum atomic E-state index is 0.239. The number of aromatic nitrogens is 1. The fourth-order valence-electron chi connectivity index (χ4n) is 1.93. The molecule has 3 nitrogen and oxygen atoms in total. The normalized spacial score (nSPS) is 12.6. The Morgan fingerprint density at radius 1 is 1.22 bits per heavy atom. The van der Waals surface area contributed by atoms with E-state index in [-0.39, 0.29) is 6.04 Å². The number of rotatable bonds is 6. The van der Waals surface area contributed by atoms with Crippen LogP contribution in [0.1, 0.15) is 22.4 Å². The standard InChI is InChI=1S/C14H19N3S/c1-2-13-6-7-14(18-13)10-12(17-15)9-11-5-3-4-8-16-11/h3-8,12,17H,2,9-10,15H2,1H3. The van der Waals surface area contributed by atoms with Crippen LogP contribution in [0, 0.1) is 0 Å². The lowest BCUT2D eigenvalue weighted by Crippen LogP contribution is -2.38. The van der Waals surface area contributed by atoms with Crippen molar-refractivity contribution in [2.24, 2.45) is 5.84 Å². The summed E-state index contributed by atoms with van der Waals surface area (Å²) in [4.78, 5) is 7.15. The molecule has 18 heavy (non-hydrogen) atoms. The van der Waals surface area contributed by atoms with E-state index < -0.39 is 0 Å². The number of nitrogens with two attached hydrogens (primary N) is 1. The highest BCUT2D eigenvalue weighted by Gasteiger charge is 2.11. The zero-order valence-corrected chi connectivity index (χ0v) is 11.4. The van der Waals surface area contributed by atoms with Gasteiger partial charge in [-0.2, -0.15) is 0 Å². The molecule has 0 aliphatic rings. The minimum Gasteiger partial charge on any atom is -0.271 e. The fraction of sp³-hybridized carbons (Fsp3) is 0.357. The summed E-state index contributed by atoms with van der Waals surface area (Å²) in [6, 6.07) is 10.6. The number of nitrogens with zero attached hydrogens (tertiary/aromatic N) is 1. The van der Waals surface area contributed by atoms with Crippen LogP contribution in [0.25, 0.3) is 0 Å². The molecule has 0 radical (unpaired) electrons. The summed E-state index contributed by atoms with van der Waals surface area (Å²) < 4.78 is 0. The summed E-state index contributed by atoms with van der Waals surface area (Å²) in [7, 11) is 0. The Balaban J connectivity index is 1.97. The van der Waals surface area contributed by atoms with E-state index >= 15 is 0 Å². The Bertz CT molecular complexity index is 467. The summed E-state index contributed by atoms with van der Waals surface area (Å²) in [5.41, 5.74) is 3.97. The van der Waals surface area contributed by atoms with E-state index in [1.54, 1.807) is 0 Å². The average molecular weight is 261 g/mol. The molecule has 2 heterocycles. The van der Waals surface area contributed by atoms with Gasteiger partial charge in [-0.15, -0.1) is 11.3 Å². The molecule has 2 rings (SSSR count). The number of pyridine rings is 1. The maximum Gasteiger partial charge on any atom is 0.0419 e. The molecule has 4 heteroatoms. The Morgan fingerprint density at radius 2 is 2.06 bits per heavy atom. The molecule has 0 saturated heterocycles. The molecule has 96 valence electrons.